The van der Waals surface area contributed by atoms with Gasteiger partial charge in [0, 0.05) is 0 Å². The number of hydrogen-bond acceptors (Lipinski definition) is 0. The molecule has 1 aliphatic carbocycles. The molecule has 0 saturated carbocycles. The summed E-state index contributed by atoms with van der Waals surface area (Å²) in [7, 11) is 0. The van der Waals surface area contributed by atoms with Crippen LogP contribution in [0.15, 0.2) is 18.2 Å². The van der Waals surface area contributed by atoms with Crippen molar-refractivity contribution in [2.75, 3.05) is 0 Å². The zero-order chi connectivity index (χ0) is 16.2. The van der Waals surface area contributed by atoms with Crippen LogP contribution in [0.25, 0.3) is 11.1 Å². The molecule has 0 heterocycles. The Labute approximate surface area is 174 Å². The quantitative estimate of drug-likeness (QED) is 0.496. The van der Waals surface area contributed by atoms with Gasteiger partial charge in [-0.2, -0.15) is 0 Å². The van der Waals surface area contributed by atoms with E-state index in [9.17, 15) is 0 Å². The van der Waals surface area contributed by atoms with Crippen molar-refractivity contribution in [1.29, 1.82) is 0 Å². The summed E-state index contributed by atoms with van der Waals surface area (Å²) in [4.78, 5) is 0. The van der Waals surface area contributed by atoms with Gasteiger partial charge in [0.05, 0.1) is 0 Å². The molecule has 0 fully saturated rings. The molecule has 0 spiro atoms. The fourth-order valence-corrected chi connectivity index (χ4v) is 4.78. The van der Waals surface area contributed by atoms with Gasteiger partial charge < -0.3 is 24.8 Å². The summed E-state index contributed by atoms with van der Waals surface area (Å²) in [5.74, 6) is 1.19. The van der Waals surface area contributed by atoms with Crippen molar-refractivity contribution in [1.82, 2.24) is 0 Å². The molecule has 0 N–H and O–H groups in total. The maximum atomic E-state index is 2.48. The Bertz CT molecular complexity index is 761. The van der Waals surface area contributed by atoms with Crippen molar-refractivity contribution in [2.45, 2.75) is 59.8 Å². The molecule has 2 aromatic carbocycles. The minimum absolute atomic E-state index is 0. The van der Waals surface area contributed by atoms with Gasteiger partial charge in [-0.05, 0) is 0 Å². The van der Waals surface area contributed by atoms with Crippen LogP contribution < -0.4 is 28.1 Å². The number of aryl methyl sites for hydroxylation is 1. The molecule has 3 rings (SSSR count). The standard InChI is InChI=1S/C21H25.2ClH.Zr/c1-12(2)18-10-20-16(7-14(18)5)9-17-8-15(6)19(13(3)4)11-21(17)20;;;/h7,10-13H,9H2,1-6H3;2*1H;/q;;;+2/p-2. The third kappa shape index (κ3) is 3.55. The smallest absolute Gasteiger partial charge is 1.00 e. The molecule has 1 aliphatic rings. The summed E-state index contributed by atoms with van der Waals surface area (Å²) in [6, 6.07) is 7.38. The zero-order valence-electron chi connectivity index (χ0n) is 15.3. The molecular formula is C21H25Cl2Zr. The van der Waals surface area contributed by atoms with E-state index in [4.69, 9.17) is 0 Å². The Morgan fingerprint density at radius 3 is 1.92 bits per heavy atom. The Kier molecular flexibility index (Phi) is 7.38. The van der Waals surface area contributed by atoms with Crippen LogP contribution in [0.3, 0.4) is 0 Å². The van der Waals surface area contributed by atoms with E-state index in [0.29, 0.717) is 11.8 Å². The van der Waals surface area contributed by atoms with E-state index >= 15 is 0 Å². The molecule has 0 atom stereocenters. The summed E-state index contributed by atoms with van der Waals surface area (Å²) >= 11 is 1.56. The van der Waals surface area contributed by atoms with Gasteiger partial charge in [-0.25, -0.2) is 0 Å². The first-order chi connectivity index (χ1) is 10.3. The van der Waals surface area contributed by atoms with Crippen LogP contribution in [0.1, 0.15) is 72.9 Å². The summed E-state index contributed by atoms with van der Waals surface area (Å²) in [5.41, 5.74) is 12.1. The average molecular weight is 440 g/mol. The molecule has 3 heteroatoms. The summed E-state index contributed by atoms with van der Waals surface area (Å²) in [6.45, 7) is 13.8. The van der Waals surface area contributed by atoms with Crippen molar-refractivity contribution in [2.24, 2.45) is 0 Å². The fourth-order valence-electron chi connectivity index (χ4n) is 3.87. The maximum absolute atomic E-state index is 2.48. The van der Waals surface area contributed by atoms with E-state index in [0.717, 1.165) is 6.42 Å². The van der Waals surface area contributed by atoms with E-state index < -0.39 is 0 Å². The largest absolute Gasteiger partial charge is 1.00 e. The second-order valence-electron chi connectivity index (χ2n) is 7.34. The number of fused-ring (bicyclic) bond motifs is 3. The molecule has 0 unspecified atom stereocenters. The predicted molar refractivity (Wildman–Crippen MR) is 92.0 cm³/mol. The van der Waals surface area contributed by atoms with Crippen molar-refractivity contribution >= 4 is 3.27 Å². The number of halogens is 2. The molecule has 0 radical (unpaired) electrons. The number of rotatable bonds is 2. The first-order valence-electron chi connectivity index (χ1n) is 8.33. The van der Waals surface area contributed by atoms with E-state index in [1.54, 1.807) is 33.6 Å². The molecule has 0 nitrogen and oxygen atoms in total. The topological polar surface area (TPSA) is 0 Å². The molecule has 0 aromatic heterocycles. The molecule has 0 amide bonds. The Morgan fingerprint density at radius 1 is 0.833 bits per heavy atom. The van der Waals surface area contributed by atoms with Crippen molar-refractivity contribution < 1.29 is 49.5 Å². The van der Waals surface area contributed by atoms with Crippen LogP contribution in [-0.4, -0.2) is 0 Å². The maximum Gasteiger partial charge on any atom is -1.00 e. The van der Waals surface area contributed by atoms with E-state index in [1.807, 2.05) is 0 Å². The fraction of sp³-hybridized carbons (Fsp3) is 0.429. The van der Waals surface area contributed by atoms with Crippen molar-refractivity contribution in [3.8, 4) is 11.1 Å². The van der Waals surface area contributed by atoms with Crippen LogP contribution in [0.5, 0.6) is 0 Å². The van der Waals surface area contributed by atoms with Crippen LogP contribution in [-0.2, 0) is 31.1 Å². The first-order valence-corrected chi connectivity index (χ1v) is 9.55. The molecule has 24 heavy (non-hydrogen) atoms. The van der Waals surface area contributed by atoms with Gasteiger partial charge in [-0.3, -0.25) is 0 Å². The van der Waals surface area contributed by atoms with Gasteiger partial charge in [0.15, 0.2) is 0 Å². The van der Waals surface area contributed by atoms with Crippen molar-refractivity contribution in [3.05, 3.63) is 51.6 Å². The van der Waals surface area contributed by atoms with Crippen LogP contribution >= 0.6 is 0 Å². The minimum atomic E-state index is 0. The number of hydrogen-bond donors (Lipinski definition) is 0. The van der Waals surface area contributed by atoms with E-state index in [1.165, 1.54) is 38.9 Å². The minimum Gasteiger partial charge on any atom is -1.00 e. The SMILES string of the molecule is Cc1cc2c(cc1C(C)C)-c1cc(C(C)C)c(C)[c]([Zr+2])c1C2.[Cl-].[Cl-]. The zero-order valence-corrected chi connectivity index (χ0v) is 19.3. The summed E-state index contributed by atoms with van der Waals surface area (Å²) < 4.78 is 1.59. The Morgan fingerprint density at radius 2 is 1.38 bits per heavy atom. The summed E-state index contributed by atoms with van der Waals surface area (Å²) in [6.07, 6.45) is 1.13. The van der Waals surface area contributed by atoms with Gasteiger partial charge in [0.1, 0.15) is 0 Å². The Hall–Kier alpha value is -0.0969. The second-order valence-corrected chi connectivity index (χ2v) is 8.57. The number of benzene rings is 2. The molecule has 127 valence electrons. The van der Waals surface area contributed by atoms with Crippen LogP contribution in [0, 0.1) is 13.8 Å². The third-order valence-corrected chi connectivity index (χ3v) is 6.79. The first kappa shape index (κ1) is 21.9. The Balaban J connectivity index is 0.00000144. The van der Waals surface area contributed by atoms with Crippen LogP contribution in [0.4, 0.5) is 0 Å². The molecule has 0 bridgehead atoms. The normalized spacial score (nSPS) is 11.9. The molecule has 2 aromatic rings. The van der Waals surface area contributed by atoms with Crippen molar-refractivity contribution in [3.63, 3.8) is 0 Å². The monoisotopic (exact) mass is 437 g/mol. The average Bonchev–Trinajstić information content (AvgIpc) is 2.78. The molecule has 0 aliphatic heterocycles. The van der Waals surface area contributed by atoms with Gasteiger partial charge in [0.2, 0.25) is 0 Å². The van der Waals surface area contributed by atoms with Gasteiger partial charge in [-0.1, -0.05) is 0 Å². The van der Waals surface area contributed by atoms with Gasteiger partial charge >= 0.3 is 150 Å². The molecular weight excluding hydrogens is 414 g/mol. The summed E-state index contributed by atoms with van der Waals surface area (Å²) in [5, 5.41) is 0. The molecule has 0 saturated heterocycles. The predicted octanol–water partition coefficient (Wildman–Crippen LogP) is -0.698. The van der Waals surface area contributed by atoms with E-state index in [-0.39, 0.29) is 24.8 Å². The van der Waals surface area contributed by atoms with Crippen LogP contribution in [0.2, 0.25) is 0 Å². The van der Waals surface area contributed by atoms with Gasteiger partial charge in [-0.15, -0.1) is 0 Å². The second kappa shape index (κ2) is 8.07. The van der Waals surface area contributed by atoms with E-state index in [2.05, 4.69) is 59.7 Å². The van der Waals surface area contributed by atoms with Gasteiger partial charge in [0.25, 0.3) is 0 Å². The third-order valence-electron chi connectivity index (χ3n) is 5.13.